The third kappa shape index (κ3) is 2.47. The number of hydrogen-bond acceptors (Lipinski definition) is 12. The van der Waals surface area contributed by atoms with E-state index in [1.807, 2.05) is 0 Å². The first-order valence-corrected chi connectivity index (χ1v) is 13.8. The van der Waals surface area contributed by atoms with Gasteiger partial charge in [-0.1, -0.05) is 0 Å². The number of aromatic hydroxyl groups is 4. The van der Waals surface area contributed by atoms with Gasteiger partial charge in [0.15, 0.2) is 22.8 Å². The van der Waals surface area contributed by atoms with E-state index in [1.165, 1.54) is 0 Å². The Kier molecular flexibility index (Phi) is 4.67. The Balaban J connectivity index is 1.61. The minimum absolute atomic E-state index is 0.0149. The second kappa shape index (κ2) is 7.51. The zero-order valence-electron chi connectivity index (χ0n) is 22.9. The highest BCUT2D eigenvalue weighted by molar-refractivity contribution is 6.15. The lowest BCUT2D eigenvalue weighted by atomic mass is 9.52. The van der Waals surface area contributed by atoms with Crippen LogP contribution in [0.15, 0.2) is 29.3 Å². The lowest BCUT2D eigenvalue weighted by molar-refractivity contribution is -0.274. The number of benzene rings is 2. The number of carbonyl (C=O) groups is 2. The molecule has 220 valence electrons. The fourth-order valence-electron chi connectivity index (χ4n) is 8.71. The van der Waals surface area contributed by atoms with Crippen LogP contribution in [0.1, 0.15) is 65.1 Å². The van der Waals surface area contributed by atoms with E-state index in [1.54, 1.807) is 27.7 Å². The van der Waals surface area contributed by atoms with Crippen LogP contribution in [0, 0.1) is 5.92 Å². The highest BCUT2D eigenvalue weighted by Gasteiger charge is 2.84. The van der Waals surface area contributed by atoms with Gasteiger partial charge < -0.3 is 49.6 Å². The number of ether oxygens (including phenoxy) is 4. The van der Waals surface area contributed by atoms with Crippen LogP contribution in [0.4, 0.5) is 0 Å². The zero-order valence-corrected chi connectivity index (χ0v) is 22.9. The van der Waals surface area contributed by atoms with Gasteiger partial charge in [0, 0.05) is 40.0 Å². The van der Waals surface area contributed by atoms with Gasteiger partial charge in [0.25, 0.3) is 0 Å². The predicted octanol–water partition coefficient (Wildman–Crippen LogP) is 1.35. The van der Waals surface area contributed by atoms with Crippen molar-refractivity contribution in [3.8, 4) is 23.0 Å². The Morgan fingerprint density at radius 3 is 2.21 bits per heavy atom. The number of hydrogen-bond donors (Lipinski definition) is 6. The standard InChI is InChI=1S/C30H28O12/c1-8-17-23(24(35)10(3)39-8)30-22-19(25(17)36)15(33)7-16(34)21(22)28(38)13-5-12(31)6-14(32)18(13)26(37)20-9(2)40-11(4)27(41-30)29(20,28)42-30/h5-11,20,24,27,31-35,38H,1-4H3/t8-,9-,10-,11-,20+,24-,27-,28+,29+,30-/m1/s1. The average Bonchev–Trinajstić information content (AvgIpc) is 3.21. The lowest BCUT2D eigenvalue weighted by Gasteiger charge is -2.60. The van der Waals surface area contributed by atoms with Crippen molar-refractivity contribution in [3.63, 3.8) is 0 Å². The maximum atomic E-state index is 14.3. The summed E-state index contributed by atoms with van der Waals surface area (Å²) < 4.78 is 25.6. The van der Waals surface area contributed by atoms with Crippen LogP contribution in [-0.2, 0) is 30.3 Å². The number of aliphatic hydroxyl groups is 2. The molecule has 12 nitrogen and oxygen atoms in total. The molecule has 2 aliphatic carbocycles. The van der Waals surface area contributed by atoms with Gasteiger partial charge in [-0.3, -0.25) is 9.59 Å². The Labute approximate surface area is 238 Å². The van der Waals surface area contributed by atoms with Gasteiger partial charge in [0.2, 0.25) is 5.79 Å². The molecule has 10 atom stereocenters. The molecule has 0 amide bonds. The number of fused-ring (bicyclic) bond motifs is 3. The van der Waals surface area contributed by atoms with E-state index >= 15 is 0 Å². The van der Waals surface area contributed by atoms with Gasteiger partial charge in [0.1, 0.15) is 35.2 Å². The molecule has 2 aromatic carbocycles. The topological polar surface area (TPSA) is 192 Å². The van der Waals surface area contributed by atoms with E-state index in [2.05, 4.69) is 0 Å². The summed E-state index contributed by atoms with van der Waals surface area (Å²) in [5.74, 6) is -7.28. The van der Waals surface area contributed by atoms with Crippen LogP contribution in [-0.4, -0.2) is 84.4 Å². The van der Waals surface area contributed by atoms with Crippen molar-refractivity contribution in [3.05, 3.63) is 57.2 Å². The van der Waals surface area contributed by atoms with E-state index in [4.69, 9.17) is 18.9 Å². The molecule has 0 saturated carbocycles. The molecule has 2 saturated heterocycles. The molecule has 4 aliphatic heterocycles. The van der Waals surface area contributed by atoms with Crippen LogP contribution in [0.25, 0.3) is 0 Å². The highest BCUT2D eigenvalue weighted by Crippen LogP contribution is 2.73. The number of aliphatic hydroxyl groups excluding tert-OH is 1. The summed E-state index contributed by atoms with van der Waals surface area (Å²) in [4.78, 5) is 28.4. The molecular weight excluding hydrogens is 552 g/mol. The molecule has 6 N–H and O–H groups in total. The largest absolute Gasteiger partial charge is 0.508 e. The molecule has 0 unspecified atom stereocenters. The van der Waals surface area contributed by atoms with Crippen LogP contribution >= 0.6 is 0 Å². The van der Waals surface area contributed by atoms with E-state index in [0.717, 1.165) is 18.2 Å². The Bertz CT molecular complexity index is 1710. The molecule has 8 rings (SSSR count). The molecule has 2 spiro atoms. The quantitative estimate of drug-likeness (QED) is 0.262. The SMILES string of the molecule is C[C@H]1O[C@H](C)[C@@H](O)C2=C1C(=O)c1c(O)cc(O)c3c1[C@]21O[C@@H]2[C@@H](C)O[C@H](C)[C@H]4C(=O)c5c(O)cc(O)cc5[C@@]3(O)[C@@]24O1. The van der Waals surface area contributed by atoms with Crippen LogP contribution in [0.5, 0.6) is 23.0 Å². The molecule has 0 aromatic heterocycles. The van der Waals surface area contributed by atoms with Crippen molar-refractivity contribution < 1.29 is 59.2 Å². The normalized spacial score (nSPS) is 42.6. The van der Waals surface area contributed by atoms with Crippen molar-refractivity contribution in [1.82, 2.24) is 0 Å². The summed E-state index contributed by atoms with van der Waals surface area (Å²) in [7, 11) is 0. The second-order valence-electron chi connectivity index (χ2n) is 12.2. The molecule has 2 bridgehead atoms. The summed E-state index contributed by atoms with van der Waals surface area (Å²) in [6.45, 7) is 6.48. The molecule has 42 heavy (non-hydrogen) atoms. The smallest absolute Gasteiger partial charge is 0.224 e. The first-order chi connectivity index (χ1) is 19.7. The Morgan fingerprint density at radius 1 is 0.810 bits per heavy atom. The van der Waals surface area contributed by atoms with Gasteiger partial charge in [-0.15, -0.1) is 0 Å². The number of Topliss-reactive ketones (excluding diaryl/α,β-unsaturated/α-hetero) is 2. The van der Waals surface area contributed by atoms with Crippen molar-refractivity contribution in [1.29, 1.82) is 0 Å². The predicted molar refractivity (Wildman–Crippen MR) is 138 cm³/mol. The number of ketones is 2. The fraction of sp³-hybridized carbons (Fsp3) is 0.467. The minimum atomic E-state index is -2.54. The van der Waals surface area contributed by atoms with Crippen molar-refractivity contribution in [2.75, 3.05) is 0 Å². The molecule has 6 aliphatic rings. The van der Waals surface area contributed by atoms with Crippen molar-refractivity contribution >= 4 is 11.6 Å². The molecule has 2 fully saturated rings. The Hall–Kier alpha value is -3.52. The average molecular weight is 581 g/mol. The van der Waals surface area contributed by atoms with Crippen LogP contribution < -0.4 is 0 Å². The fourth-order valence-corrected chi connectivity index (χ4v) is 8.71. The summed E-state index contributed by atoms with van der Waals surface area (Å²) in [6.07, 6.45) is -6.17. The number of phenolic OH excluding ortho intramolecular Hbond substituents is 4. The lowest BCUT2D eigenvalue weighted by Crippen LogP contribution is -2.75. The third-order valence-corrected chi connectivity index (χ3v) is 10.1. The van der Waals surface area contributed by atoms with E-state index < -0.39 is 94.1 Å². The van der Waals surface area contributed by atoms with Crippen LogP contribution in [0.2, 0.25) is 0 Å². The zero-order chi connectivity index (χ0) is 30.0. The molecule has 12 heteroatoms. The van der Waals surface area contributed by atoms with E-state index in [9.17, 15) is 40.2 Å². The van der Waals surface area contributed by atoms with Gasteiger partial charge in [0.05, 0.1) is 41.5 Å². The first kappa shape index (κ1) is 26.1. The molecular formula is C30H28O12. The van der Waals surface area contributed by atoms with Gasteiger partial charge in [-0.2, -0.15) is 0 Å². The third-order valence-electron chi connectivity index (χ3n) is 10.1. The maximum absolute atomic E-state index is 14.3. The molecule has 4 heterocycles. The highest BCUT2D eigenvalue weighted by atomic mass is 16.8. The number of phenols is 4. The van der Waals surface area contributed by atoms with Gasteiger partial charge in [-0.05, 0) is 33.8 Å². The number of carbonyl (C=O) groups excluding carboxylic acids is 2. The summed E-state index contributed by atoms with van der Waals surface area (Å²) in [6, 6.07) is 2.96. The van der Waals surface area contributed by atoms with E-state index in [0.29, 0.717) is 0 Å². The van der Waals surface area contributed by atoms with Gasteiger partial charge in [-0.25, -0.2) is 0 Å². The van der Waals surface area contributed by atoms with Crippen LogP contribution in [0.3, 0.4) is 0 Å². The first-order valence-electron chi connectivity index (χ1n) is 13.8. The molecule has 2 aromatic rings. The minimum Gasteiger partial charge on any atom is -0.508 e. The van der Waals surface area contributed by atoms with Crippen molar-refractivity contribution in [2.24, 2.45) is 5.92 Å². The van der Waals surface area contributed by atoms with E-state index in [-0.39, 0.29) is 39.0 Å². The monoisotopic (exact) mass is 580 g/mol. The molecule has 0 radical (unpaired) electrons. The van der Waals surface area contributed by atoms with Gasteiger partial charge >= 0.3 is 0 Å². The number of rotatable bonds is 0. The Morgan fingerprint density at radius 2 is 1.50 bits per heavy atom. The summed E-state index contributed by atoms with van der Waals surface area (Å²) >= 11 is 0. The van der Waals surface area contributed by atoms with Crippen molar-refractivity contribution in [2.45, 2.75) is 81.3 Å². The maximum Gasteiger partial charge on any atom is 0.224 e. The summed E-state index contributed by atoms with van der Waals surface area (Å²) in [5, 5.41) is 68.9. The summed E-state index contributed by atoms with van der Waals surface area (Å²) in [5.41, 5.74) is -6.14. The second-order valence-corrected chi connectivity index (χ2v) is 12.2.